The molecule has 0 aliphatic carbocycles. The lowest BCUT2D eigenvalue weighted by molar-refractivity contribution is -0.142. The average Bonchev–Trinajstić information content (AvgIpc) is 2.27. The summed E-state index contributed by atoms with van der Waals surface area (Å²) < 4.78 is 4.82. The lowest BCUT2D eigenvalue weighted by atomic mass is 10.4. The maximum absolute atomic E-state index is 11.1. The monoisotopic (exact) mass is 243 g/mol. The molecule has 0 amide bonds. The van der Waals surface area contributed by atoms with Crippen molar-refractivity contribution in [1.29, 1.82) is 0 Å². The Morgan fingerprint density at radius 2 is 2.25 bits per heavy atom. The molecule has 0 radical (unpaired) electrons. The van der Waals surface area contributed by atoms with Crippen LogP contribution >= 0.6 is 11.6 Å². The van der Waals surface area contributed by atoms with Crippen molar-refractivity contribution in [3.05, 3.63) is 17.3 Å². The van der Waals surface area contributed by atoms with Gasteiger partial charge in [-0.1, -0.05) is 11.6 Å². The van der Waals surface area contributed by atoms with E-state index in [4.69, 9.17) is 16.3 Å². The van der Waals surface area contributed by atoms with E-state index in [-0.39, 0.29) is 5.97 Å². The molecule has 1 heterocycles. The van der Waals surface area contributed by atoms with E-state index in [1.54, 1.807) is 19.1 Å². The molecule has 0 fully saturated rings. The topological polar surface area (TPSA) is 55.3 Å². The molecule has 0 aliphatic rings. The van der Waals surface area contributed by atoms with Crippen LogP contribution in [0.2, 0.25) is 5.15 Å². The van der Waals surface area contributed by atoms with Gasteiger partial charge in [-0.15, -0.1) is 10.2 Å². The number of carbonyl (C=O) groups is 1. The Labute approximate surface area is 99.4 Å². The second kappa shape index (κ2) is 6.27. The molecule has 0 saturated carbocycles. The van der Waals surface area contributed by atoms with Gasteiger partial charge in [-0.2, -0.15) is 0 Å². The summed E-state index contributed by atoms with van der Waals surface area (Å²) in [6.07, 6.45) is 0.328. The van der Waals surface area contributed by atoms with Crippen molar-refractivity contribution in [2.24, 2.45) is 0 Å². The molecular weight excluding hydrogens is 230 g/mol. The quantitative estimate of drug-likeness (QED) is 0.734. The minimum Gasteiger partial charge on any atom is -0.466 e. The number of hydrogen-bond donors (Lipinski definition) is 0. The molecule has 6 heteroatoms. The van der Waals surface area contributed by atoms with E-state index in [2.05, 4.69) is 10.2 Å². The summed E-state index contributed by atoms with van der Waals surface area (Å²) in [5.74, 6) is 0.463. The maximum Gasteiger partial charge on any atom is 0.307 e. The minimum absolute atomic E-state index is 0.212. The summed E-state index contributed by atoms with van der Waals surface area (Å²) in [5.41, 5.74) is 0. The molecule has 1 rings (SSSR count). The van der Waals surface area contributed by atoms with E-state index in [0.717, 1.165) is 0 Å². The molecule has 0 unspecified atom stereocenters. The molecule has 1 aromatic heterocycles. The number of hydrogen-bond acceptors (Lipinski definition) is 5. The van der Waals surface area contributed by atoms with Crippen molar-refractivity contribution in [2.45, 2.75) is 13.3 Å². The third-order valence-corrected chi connectivity index (χ3v) is 2.17. The lowest BCUT2D eigenvalue weighted by Gasteiger charge is -2.16. The predicted molar refractivity (Wildman–Crippen MR) is 61.6 cm³/mol. The fourth-order valence-electron chi connectivity index (χ4n) is 1.12. The Morgan fingerprint density at radius 3 is 2.81 bits per heavy atom. The first-order chi connectivity index (χ1) is 7.63. The number of halogens is 1. The van der Waals surface area contributed by atoms with Gasteiger partial charge in [0.15, 0.2) is 11.0 Å². The first kappa shape index (κ1) is 12.7. The van der Waals surface area contributed by atoms with Crippen molar-refractivity contribution in [3.63, 3.8) is 0 Å². The highest BCUT2D eigenvalue weighted by atomic mass is 35.5. The van der Waals surface area contributed by atoms with Crippen molar-refractivity contribution in [3.8, 4) is 0 Å². The largest absolute Gasteiger partial charge is 0.466 e. The number of esters is 1. The number of nitrogens with zero attached hydrogens (tertiary/aromatic N) is 3. The first-order valence-corrected chi connectivity index (χ1v) is 5.37. The van der Waals surface area contributed by atoms with Crippen LogP contribution in [-0.4, -0.2) is 36.4 Å². The molecule has 0 N–H and O–H groups in total. The van der Waals surface area contributed by atoms with Crippen LogP contribution in [0.3, 0.4) is 0 Å². The average molecular weight is 244 g/mol. The van der Waals surface area contributed by atoms with Gasteiger partial charge in [-0.25, -0.2) is 0 Å². The van der Waals surface area contributed by atoms with Crippen LogP contribution in [0.4, 0.5) is 5.82 Å². The standard InChI is InChI=1S/C10H14ClN3O2/c1-3-16-10(15)6-7-14(2)9-5-4-8(11)12-13-9/h4-5H,3,6-7H2,1-2H3. The van der Waals surface area contributed by atoms with Gasteiger partial charge in [0.2, 0.25) is 0 Å². The first-order valence-electron chi connectivity index (χ1n) is 4.99. The number of rotatable bonds is 5. The maximum atomic E-state index is 11.1. The molecule has 88 valence electrons. The van der Waals surface area contributed by atoms with Crippen LogP contribution in [-0.2, 0) is 9.53 Å². The van der Waals surface area contributed by atoms with E-state index < -0.39 is 0 Å². The van der Waals surface area contributed by atoms with E-state index >= 15 is 0 Å². The van der Waals surface area contributed by atoms with Crippen LogP contribution in [0.5, 0.6) is 0 Å². The van der Waals surface area contributed by atoms with E-state index in [9.17, 15) is 4.79 Å². The third-order valence-electron chi connectivity index (χ3n) is 1.97. The molecule has 0 atom stereocenters. The Balaban J connectivity index is 2.43. The SMILES string of the molecule is CCOC(=O)CCN(C)c1ccc(Cl)nn1. The van der Waals surface area contributed by atoms with Crippen LogP contribution in [0.25, 0.3) is 0 Å². The van der Waals surface area contributed by atoms with Gasteiger partial charge >= 0.3 is 5.97 Å². The summed E-state index contributed by atoms with van der Waals surface area (Å²) >= 11 is 5.62. The molecule has 0 aliphatic heterocycles. The van der Waals surface area contributed by atoms with Crippen molar-refractivity contribution in [1.82, 2.24) is 10.2 Å². The van der Waals surface area contributed by atoms with Gasteiger partial charge in [0, 0.05) is 13.6 Å². The van der Waals surface area contributed by atoms with Gasteiger partial charge in [-0.3, -0.25) is 4.79 Å². The number of ether oxygens (including phenoxy) is 1. The molecule has 0 aromatic carbocycles. The minimum atomic E-state index is -0.212. The molecule has 0 bridgehead atoms. The van der Waals surface area contributed by atoms with Gasteiger partial charge in [0.1, 0.15) is 0 Å². The number of anilines is 1. The summed E-state index contributed by atoms with van der Waals surface area (Å²) in [4.78, 5) is 12.9. The lowest BCUT2D eigenvalue weighted by Crippen LogP contribution is -2.23. The van der Waals surface area contributed by atoms with Gasteiger partial charge in [0.25, 0.3) is 0 Å². The molecule has 5 nitrogen and oxygen atoms in total. The molecule has 1 aromatic rings. The highest BCUT2D eigenvalue weighted by Gasteiger charge is 2.07. The van der Waals surface area contributed by atoms with Crippen LogP contribution in [0.1, 0.15) is 13.3 Å². The zero-order chi connectivity index (χ0) is 12.0. The predicted octanol–water partition coefficient (Wildman–Crippen LogP) is 1.52. The summed E-state index contributed by atoms with van der Waals surface area (Å²) in [6, 6.07) is 3.41. The zero-order valence-corrected chi connectivity index (χ0v) is 10.1. The van der Waals surface area contributed by atoms with Crippen LogP contribution in [0, 0.1) is 0 Å². The van der Waals surface area contributed by atoms with Crippen LogP contribution in [0.15, 0.2) is 12.1 Å². The fourth-order valence-corrected chi connectivity index (χ4v) is 1.22. The van der Waals surface area contributed by atoms with Gasteiger partial charge < -0.3 is 9.64 Å². The second-order valence-electron chi connectivity index (χ2n) is 3.19. The number of carbonyl (C=O) groups excluding carboxylic acids is 1. The third kappa shape index (κ3) is 4.02. The van der Waals surface area contributed by atoms with Crippen molar-refractivity contribution in [2.75, 3.05) is 25.1 Å². The normalized spacial score (nSPS) is 9.94. The molecule has 0 saturated heterocycles. The Kier molecular flexibility index (Phi) is 4.98. The summed E-state index contributed by atoms with van der Waals surface area (Å²) in [7, 11) is 1.83. The summed E-state index contributed by atoms with van der Waals surface area (Å²) in [5, 5.41) is 7.96. The molecule has 0 spiro atoms. The summed E-state index contributed by atoms with van der Waals surface area (Å²) in [6.45, 7) is 2.73. The Hall–Kier alpha value is -1.36. The highest BCUT2D eigenvalue weighted by molar-refractivity contribution is 6.29. The fraction of sp³-hybridized carbons (Fsp3) is 0.500. The van der Waals surface area contributed by atoms with Crippen LogP contribution < -0.4 is 4.90 Å². The van der Waals surface area contributed by atoms with Crippen molar-refractivity contribution >= 4 is 23.4 Å². The van der Waals surface area contributed by atoms with E-state index in [0.29, 0.717) is 30.5 Å². The molecular formula is C10H14ClN3O2. The van der Waals surface area contributed by atoms with Crippen molar-refractivity contribution < 1.29 is 9.53 Å². The molecule has 16 heavy (non-hydrogen) atoms. The van der Waals surface area contributed by atoms with Gasteiger partial charge in [-0.05, 0) is 19.1 Å². The van der Waals surface area contributed by atoms with Gasteiger partial charge in [0.05, 0.1) is 13.0 Å². The zero-order valence-electron chi connectivity index (χ0n) is 9.31. The number of aromatic nitrogens is 2. The van der Waals surface area contributed by atoms with E-state index in [1.165, 1.54) is 0 Å². The van der Waals surface area contributed by atoms with E-state index in [1.807, 2.05) is 11.9 Å². The Morgan fingerprint density at radius 1 is 1.50 bits per heavy atom. The smallest absolute Gasteiger partial charge is 0.307 e. The highest BCUT2D eigenvalue weighted by Crippen LogP contribution is 2.10. The second-order valence-corrected chi connectivity index (χ2v) is 3.58. The Bertz CT molecular complexity index is 342.